The third-order valence-electron chi connectivity index (χ3n) is 2.64. The summed E-state index contributed by atoms with van der Waals surface area (Å²) in [6, 6.07) is 3.62. The molecule has 11 heteroatoms. The summed E-state index contributed by atoms with van der Waals surface area (Å²) in [7, 11) is -9.34. The van der Waals surface area contributed by atoms with Crippen molar-refractivity contribution in [2.75, 3.05) is 5.73 Å². The van der Waals surface area contributed by atoms with E-state index in [0.29, 0.717) is 0 Å². The molecule has 0 aliphatic rings. The fraction of sp³-hybridized carbons (Fsp3) is 0. The second kappa shape index (κ2) is 5.72. The average molecular weight is 342 g/mol. The molecule has 0 aliphatic heterocycles. The summed E-state index contributed by atoms with van der Waals surface area (Å²) in [6.45, 7) is 0. The first-order valence-electron chi connectivity index (χ1n) is 5.02. The van der Waals surface area contributed by atoms with E-state index < -0.39 is 35.8 Å². The number of benzene rings is 2. The largest absolute Gasteiger partial charge is 1.00 e. The molecule has 21 heavy (non-hydrogen) atoms. The molecule has 0 heterocycles. The first-order valence-corrected chi connectivity index (χ1v) is 7.90. The molecule has 0 spiro atoms. The molecular formula is C10H9NNaO7S2+. The van der Waals surface area contributed by atoms with Crippen molar-refractivity contribution >= 4 is 36.7 Å². The molecule has 0 aromatic heterocycles. The van der Waals surface area contributed by atoms with Crippen molar-refractivity contribution in [3.63, 3.8) is 0 Å². The maximum atomic E-state index is 11.3. The molecule has 0 amide bonds. The van der Waals surface area contributed by atoms with E-state index in [1.54, 1.807) is 0 Å². The second-order valence-corrected chi connectivity index (χ2v) is 6.78. The Balaban J connectivity index is 0.00000220. The Morgan fingerprint density at radius 1 is 0.952 bits per heavy atom. The number of fused-ring (bicyclic) bond motifs is 1. The van der Waals surface area contributed by atoms with Crippen LogP contribution in [0, 0.1) is 0 Å². The fourth-order valence-electron chi connectivity index (χ4n) is 1.81. The summed E-state index contributed by atoms with van der Waals surface area (Å²) in [4.78, 5) is -1.36. The van der Waals surface area contributed by atoms with Crippen LogP contribution in [0.1, 0.15) is 0 Å². The topological polar surface area (TPSA) is 155 Å². The van der Waals surface area contributed by atoms with Crippen LogP contribution in [-0.2, 0) is 20.2 Å². The van der Waals surface area contributed by atoms with Gasteiger partial charge in [-0.3, -0.25) is 9.11 Å². The SMILES string of the molecule is Nc1ccc(S(=O)(=O)O)c2cc(S(=O)(=O)O)cc(O)c12.[Na+]. The Kier molecular flexibility index (Phi) is 4.95. The zero-order valence-corrected chi connectivity index (χ0v) is 14.3. The van der Waals surface area contributed by atoms with E-state index in [4.69, 9.17) is 14.8 Å². The number of nitrogen functional groups attached to an aromatic ring is 1. The third kappa shape index (κ3) is 3.48. The van der Waals surface area contributed by atoms with Crippen LogP contribution in [0.25, 0.3) is 10.8 Å². The zero-order chi connectivity index (χ0) is 15.3. The van der Waals surface area contributed by atoms with Gasteiger partial charge in [0.05, 0.1) is 4.90 Å². The molecule has 0 saturated heterocycles. The van der Waals surface area contributed by atoms with Crippen LogP contribution in [0.2, 0.25) is 0 Å². The number of rotatable bonds is 2. The normalized spacial score (nSPS) is 12.1. The van der Waals surface area contributed by atoms with Gasteiger partial charge in [-0.15, -0.1) is 0 Å². The second-order valence-electron chi connectivity index (χ2n) is 3.97. The molecule has 0 aliphatic carbocycles. The molecule has 0 fully saturated rings. The van der Waals surface area contributed by atoms with Crippen molar-refractivity contribution in [1.82, 2.24) is 0 Å². The van der Waals surface area contributed by atoms with Crippen molar-refractivity contribution in [2.45, 2.75) is 9.79 Å². The van der Waals surface area contributed by atoms with E-state index in [1.165, 1.54) is 0 Å². The minimum absolute atomic E-state index is 0. The van der Waals surface area contributed by atoms with Crippen molar-refractivity contribution in [1.29, 1.82) is 0 Å². The molecule has 2 aromatic carbocycles. The molecule has 0 bridgehead atoms. The van der Waals surface area contributed by atoms with Gasteiger partial charge in [0.25, 0.3) is 20.2 Å². The van der Waals surface area contributed by atoms with Crippen LogP contribution < -0.4 is 35.3 Å². The molecule has 0 unspecified atom stereocenters. The fourth-order valence-corrected chi connectivity index (χ4v) is 3.02. The van der Waals surface area contributed by atoms with Crippen LogP contribution in [0.5, 0.6) is 5.75 Å². The molecule has 8 nitrogen and oxygen atoms in total. The van der Waals surface area contributed by atoms with Crippen LogP contribution in [-0.4, -0.2) is 31.0 Å². The Labute approximate surface area is 142 Å². The number of hydrogen-bond donors (Lipinski definition) is 4. The van der Waals surface area contributed by atoms with E-state index in [-0.39, 0.29) is 46.0 Å². The average Bonchev–Trinajstić information content (AvgIpc) is 2.25. The standard InChI is InChI=1S/C10H9NO7S2.Na/c11-7-1-2-9(20(16,17)18)6-3-5(19(13,14)15)4-8(12)10(6)7;/h1-4,12H,11H2,(H,13,14,15)(H,16,17,18);/q;+1. The Hall–Kier alpha value is -0.880. The number of hydrogen-bond acceptors (Lipinski definition) is 6. The van der Waals surface area contributed by atoms with E-state index in [2.05, 4.69) is 0 Å². The number of aromatic hydroxyl groups is 1. The first kappa shape index (κ1) is 18.2. The number of nitrogens with two attached hydrogens (primary N) is 1. The third-order valence-corrected chi connectivity index (χ3v) is 4.38. The quantitative estimate of drug-likeness (QED) is 0.268. The molecule has 2 aromatic rings. The van der Waals surface area contributed by atoms with E-state index in [9.17, 15) is 21.9 Å². The van der Waals surface area contributed by atoms with Gasteiger partial charge in [-0.25, -0.2) is 0 Å². The summed E-state index contributed by atoms with van der Waals surface area (Å²) >= 11 is 0. The van der Waals surface area contributed by atoms with Gasteiger partial charge in [0.1, 0.15) is 10.6 Å². The van der Waals surface area contributed by atoms with E-state index in [1.807, 2.05) is 0 Å². The van der Waals surface area contributed by atoms with Crippen LogP contribution in [0.4, 0.5) is 5.69 Å². The van der Waals surface area contributed by atoms with Gasteiger partial charge < -0.3 is 10.8 Å². The van der Waals surface area contributed by atoms with Crippen molar-refractivity contribution < 1.29 is 60.6 Å². The van der Waals surface area contributed by atoms with Gasteiger partial charge in [0.2, 0.25) is 0 Å². The molecular weight excluding hydrogens is 333 g/mol. The van der Waals surface area contributed by atoms with Crippen molar-refractivity contribution in [2.24, 2.45) is 0 Å². The Morgan fingerprint density at radius 2 is 1.52 bits per heavy atom. The Morgan fingerprint density at radius 3 is 2.00 bits per heavy atom. The minimum Gasteiger partial charge on any atom is -0.507 e. The summed E-state index contributed by atoms with van der Waals surface area (Å²) in [6.07, 6.45) is 0. The van der Waals surface area contributed by atoms with Crippen molar-refractivity contribution in [3.8, 4) is 5.75 Å². The van der Waals surface area contributed by atoms with Crippen LogP contribution in [0.15, 0.2) is 34.1 Å². The molecule has 5 N–H and O–H groups in total. The number of phenols is 1. The van der Waals surface area contributed by atoms with Crippen LogP contribution >= 0.6 is 0 Å². The smallest absolute Gasteiger partial charge is 0.507 e. The van der Waals surface area contributed by atoms with Gasteiger partial charge >= 0.3 is 29.6 Å². The predicted molar refractivity (Wildman–Crippen MR) is 69.7 cm³/mol. The molecule has 0 saturated carbocycles. The minimum atomic E-state index is -4.67. The first-order chi connectivity index (χ1) is 9.01. The van der Waals surface area contributed by atoms with Crippen LogP contribution in [0.3, 0.4) is 0 Å². The monoisotopic (exact) mass is 342 g/mol. The van der Waals surface area contributed by atoms with Gasteiger partial charge in [0, 0.05) is 22.5 Å². The molecule has 0 radical (unpaired) electrons. The number of anilines is 1. The zero-order valence-electron chi connectivity index (χ0n) is 10.7. The van der Waals surface area contributed by atoms with Gasteiger partial charge in [-0.05, 0) is 18.2 Å². The number of phenolic OH excluding ortho intramolecular Hbond substituents is 1. The predicted octanol–water partition coefficient (Wildman–Crippen LogP) is -2.37. The van der Waals surface area contributed by atoms with Gasteiger partial charge in [-0.2, -0.15) is 16.8 Å². The molecule has 108 valence electrons. The van der Waals surface area contributed by atoms with E-state index >= 15 is 0 Å². The van der Waals surface area contributed by atoms with Gasteiger partial charge in [0.15, 0.2) is 0 Å². The summed E-state index contributed by atoms with van der Waals surface area (Å²) in [5.41, 5.74) is 5.56. The maximum absolute atomic E-state index is 11.3. The Bertz CT molecular complexity index is 922. The molecule has 2 rings (SSSR count). The van der Waals surface area contributed by atoms with Gasteiger partial charge in [-0.1, -0.05) is 0 Å². The molecule has 0 atom stereocenters. The summed E-state index contributed by atoms with van der Waals surface area (Å²) < 4.78 is 62.7. The summed E-state index contributed by atoms with van der Waals surface area (Å²) in [5, 5.41) is 9.29. The van der Waals surface area contributed by atoms with E-state index in [0.717, 1.165) is 24.3 Å². The maximum Gasteiger partial charge on any atom is 1.00 e. The van der Waals surface area contributed by atoms with Crippen molar-refractivity contribution in [3.05, 3.63) is 24.3 Å². The summed E-state index contributed by atoms with van der Waals surface area (Å²) in [5.74, 6) is -0.641.